The summed E-state index contributed by atoms with van der Waals surface area (Å²) in [6, 6.07) is 8.92. The third-order valence-corrected chi connectivity index (χ3v) is 7.00. The van der Waals surface area contributed by atoms with Crippen molar-refractivity contribution in [3.63, 3.8) is 0 Å². The molecule has 0 amide bonds. The number of hydrogen-bond donors (Lipinski definition) is 0. The average molecular weight is 346 g/mol. The Morgan fingerprint density at radius 1 is 1.25 bits per heavy atom. The van der Waals surface area contributed by atoms with Crippen molar-refractivity contribution in [3.05, 3.63) is 47.5 Å². The zero-order valence-corrected chi connectivity index (χ0v) is 14.6. The Morgan fingerprint density at radius 2 is 1.96 bits per heavy atom. The molecule has 0 N–H and O–H groups in total. The predicted octanol–water partition coefficient (Wildman–Crippen LogP) is 1.24. The third-order valence-electron chi connectivity index (χ3n) is 5.25. The second kappa shape index (κ2) is 5.97. The first kappa shape index (κ1) is 15.8. The summed E-state index contributed by atoms with van der Waals surface area (Å²) >= 11 is 0. The van der Waals surface area contributed by atoms with Crippen LogP contribution < -0.4 is 0 Å². The van der Waals surface area contributed by atoms with Crippen LogP contribution in [0.2, 0.25) is 0 Å². The van der Waals surface area contributed by atoms with Gasteiger partial charge in [-0.25, -0.2) is 18.1 Å². The molecule has 1 aromatic carbocycles. The van der Waals surface area contributed by atoms with E-state index in [2.05, 4.69) is 39.2 Å². The Labute approximate surface area is 142 Å². The maximum Gasteiger partial charge on any atom is 0.151 e. The number of benzene rings is 1. The van der Waals surface area contributed by atoms with Crippen molar-refractivity contribution in [1.82, 2.24) is 19.7 Å². The van der Waals surface area contributed by atoms with Crippen LogP contribution >= 0.6 is 0 Å². The van der Waals surface area contributed by atoms with Crippen molar-refractivity contribution in [2.45, 2.75) is 37.9 Å². The molecule has 1 fully saturated rings. The number of rotatable bonds is 4. The molecule has 0 saturated carbocycles. The van der Waals surface area contributed by atoms with Gasteiger partial charge in [0.05, 0.1) is 24.1 Å². The Hall–Kier alpha value is -1.73. The van der Waals surface area contributed by atoms with Crippen LogP contribution in [0, 0.1) is 0 Å². The van der Waals surface area contributed by atoms with E-state index < -0.39 is 9.84 Å². The van der Waals surface area contributed by atoms with E-state index in [0.717, 1.165) is 18.7 Å². The monoisotopic (exact) mass is 346 g/mol. The molecule has 7 heteroatoms. The van der Waals surface area contributed by atoms with E-state index in [1.54, 1.807) is 6.33 Å². The van der Waals surface area contributed by atoms with Crippen molar-refractivity contribution in [1.29, 1.82) is 0 Å². The predicted molar refractivity (Wildman–Crippen MR) is 91.4 cm³/mol. The molecule has 2 aliphatic rings. The van der Waals surface area contributed by atoms with E-state index in [-0.39, 0.29) is 11.8 Å². The van der Waals surface area contributed by atoms with Crippen molar-refractivity contribution in [2.24, 2.45) is 0 Å². The molecular weight excluding hydrogens is 324 g/mol. The first-order chi connectivity index (χ1) is 11.5. The summed E-state index contributed by atoms with van der Waals surface area (Å²) in [6.45, 7) is 0.632. The van der Waals surface area contributed by atoms with Gasteiger partial charge in [-0.1, -0.05) is 24.3 Å². The first-order valence-electron chi connectivity index (χ1n) is 8.38. The van der Waals surface area contributed by atoms with Gasteiger partial charge in [0.1, 0.15) is 12.2 Å². The summed E-state index contributed by atoms with van der Waals surface area (Å²) in [5.41, 5.74) is 2.78. The summed E-state index contributed by atoms with van der Waals surface area (Å²) in [4.78, 5) is 6.54. The number of aromatic nitrogens is 3. The van der Waals surface area contributed by atoms with E-state index in [1.807, 2.05) is 11.7 Å². The third kappa shape index (κ3) is 2.98. The molecule has 1 aliphatic carbocycles. The zero-order chi connectivity index (χ0) is 16.7. The van der Waals surface area contributed by atoms with Crippen molar-refractivity contribution in [3.8, 4) is 0 Å². The zero-order valence-electron chi connectivity index (χ0n) is 13.8. The lowest BCUT2D eigenvalue weighted by Gasteiger charge is -2.23. The molecule has 0 spiro atoms. The lowest BCUT2D eigenvalue weighted by Crippen LogP contribution is -2.33. The van der Waals surface area contributed by atoms with Crippen molar-refractivity contribution in [2.75, 3.05) is 18.6 Å². The van der Waals surface area contributed by atoms with Crippen LogP contribution in [0.5, 0.6) is 0 Å². The lowest BCUT2D eigenvalue weighted by atomic mass is 10.1. The molecular formula is C17H22N4O2S. The molecule has 0 bridgehead atoms. The molecule has 6 nitrogen and oxygen atoms in total. The van der Waals surface area contributed by atoms with Crippen molar-refractivity contribution >= 4 is 9.84 Å². The van der Waals surface area contributed by atoms with Gasteiger partial charge in [-0.3, -0.25) is 4.90 Å². The topological polar surface area (TPSA) is 68.1 Å². The molecule has 1 aromatic heterocycles. The Morgan fingerprint density at radius 3 is 2.58 bits per heavy atom. The minimum Gasteiger partial charge on any atom is -0.295 e. The summed E-state index contributed by atoms with van der Waals surface area (Å²) in [7, 11) is -0.886. The van der Waals surface area contributed by atoms with Crippen LogP contribution in [0.15, 0.2) is 30.6 Å². The molecule has 2 heterocycles. The second-order valence-corrected chi connectivity index (χ2v) is 9.15. The van der Waals surface area contributed by atoms with E-state index in [1.165, 1.54) is 11.1 Å². The highest BCUT2D eigenvalue weighted by atomic mass is 32.2. The van der Waals surface area contributed by atoms with Crippen LogP contribution in [0.25, 0.3) is 0 Å². The Kier molecular flexibility index (Phi) is 3.92. The SMILES string of the molecule is CN(Cc1ncnn1C1Cc2ccccc2C1)[C@@H]1CCS(=O)(=O)C1. The molecule has 2 aromatic rings. The molecule has 1 aliphatic heterocycles. The fraction of sp³-hybridized carbons (Fsp3) is 0.529. The summed E-state index contributed by atoms with van der Waals surface area (Å²) in [6.07, 6.45) is 4.28. The van der Waals surface area contributed by atoms with Gasteiger partial charge in [-0.05, 0) is 37.4 Å². The highest BCUT2D eigenvalue weighted by Crippen LogP contribution is 2.30. The highest BCUT2D eigenvalue weighted by Gasteiger charge is 2.32. The summed E-state index contributed by atoms with van der Waals surface area (Å²) in [5.74, 6) is 1.47. The molecule has 128 valence electrons. The molecule has 1 saturated heterocycles. The minimum atomic E-state index is -2.87. The number of sulfone groups is 1. The Bertz CT molecular complexity index is 821. The normalized spacial score (nSPS) is 23.0. The standard InChI is InChI=1S/C17H22N4O2S/c1-20(15-6-7-24(22,23)11-15)10-17-18-12-19-21(17)16-8-13-4-2-3-5-14(13)9-16/h2-5,12,15-16H,6-11H2,1H3/t15-/m1/s1. The maximum atomic E-state index is 11.7. The van der Waals surface area contributed by atoms with Crippen LogP contribution in [-0.2, 0) is 29.2 Å². The minimum absolute atomic E-state index is 0.0842. The van der Waals surface area contributed by atoms with Crippen LogP contribution in [-0.4, -0.2) is 52.7 Å². The van der Waals surface area contributed by atoms with E-state index in [9.17, 15) is 8.42 Å². The first-order valence-corrected chi connectivity index (χ1v) is 10.2. The molecule has 0 radical (unpaired) electrons. The van der Waals surface area contributed by atoms with Crippen LogP contribution in [0.4, 0.5) is 0 Å². The fourth-order valence-corrected chi connectivity index (χ4v) is 5.68. The van der Waals surface area contributed by atoms with Crippen LogP contribution in [0.1, 0.15) is 29.4 Å². The van der Waals surface area contributed by atoms with E-state index in [4.69, 9.17) is 0 Å². The second-order valence-electron chi connectivity index (χ2n) is 6.92. The van der Waals surface area contributed by atoms with E-state index >= 15 is 0 Å². The summed E-state index contributed by atoms with van der Waals surface area (Å²) < 4.78 is 25.4. The Balaban J connectivity index is 1.48. The molecule has 1 atom stereocenters. The average Bonchev–Trinajstić information content (AvgIpc) is 3.24. The van der Waals surface area contributed by atoms with E-state index in [0.29, 0.717) is 24.8 Å². The number of hydrogen-bond acceptors (Lipinski definition) is 5. The van der Waals surface area contributed by atoms with Gasteiger partial charge in [0, 0.05) is 6.04 Å². The quantitative estimate of drug-likeness (QED) is 0.833. The lowest BCUT2D eigenvalue weighted by molar-refractivity contribution is 0.239. The largest absolute Gasteiger partial charge is 0.295 e. The van der Waals surface area contributed by atoms with Crippen LogP contribution in [0.3, 0.4) is 0 Å². The molecule has 4 rings (SSSR count). The van der Waals surface area contributed by atoms with Gasteiger partial charge in [-0.15, -0.1) is 0 Å². The fourth-order valence-electron chi connectivity index (χ4n) is 3.88. The molecule has 0 unspecified atom stereocenters. The maximum absolute atomic E-state index is 11.7. The molecule has 24 heavy (non-hydrogen) atoms. The number of fused-ring (bicyclic) bond motifs is 1. The highest BCUT2D eigenvalue weighted by molar-refractivity contribution is 7.91. The van der Waals surface area contributed by atoms with Crippen molar-refractivity contribution < 1.29 is 8.42 Å². The van der Waals surface area contributed by atoms with Gasteiger partial charge in [0.2, 0.25) is 0 Å². The van der Waals surface area contributed by atoms with Gasteiger partial charge in [0.15, 0.2) is 9.84 Å². The summed E-state index contributed by atoms with van der Waals surface area (Å²) in [5, 5.41) is 4.45. The van der Waals surface area contributed by atoms with Gasteiger partial charge < -0.3 is 0 Å². The van der Waals surface area contributed by atoms with Gasteiger partial charge in [0.25, 0.3) is 0 Å². The van der Waals surface area contributed by atoms with Gasteiger partial charge >= 0.3 is 0 Å². The number of nitrogens with zero attached hydrogens (tertiary/aromatic N) is 4. The smallest absolute Gasteiger partial charge is 0.151 e. The van der Waals surface area contributed by atoms with Gasteiger partial charge in [-0.2, -0.15) is 5.10 Å².